The molecule has 0 unspecified atom stereocenters. The number of carbonyl (C=O) groups excluding carboxylic acids is 1. The van der Waals surface area contributed by atoms with E-state index in [1.807, 2.05) is 0 Å². The summed E-state index contributed by atoms with van der Waals surface area (Å²) in [5.41, 5.74) is 0. The molecule has 10 heteroatoms. The summed E-state index contributed by atoms with van der Waals surface area (Å²) in [5, 5.41) is 1.65. The summed E-state index contributed by atoms with van der Waals surface area (Å²) in [4.78, 5) is 11.1. The van der Waals surface area contributed by atoms with Gasteiger partial charge in [0.2, 0.25) is 15.9 Å². The first kappa shape index (κ1) is 16.1. The van der Waals surface area contributed by atoms with Crippen molar-refractivity contribution in [3.05, 3.63) is 12.7 Å². The predicted octanol–water partition coefficient (Wildman–Crippen LogP) is -0.267. The average molecular weight is 314 g/mol. The Bertz CT molecular complexity index is 549. The van der Waals surface area contributed by atoms with Crippen molar-refractivity contribution < 1.29 is 25.5 Å². The van der Waals surface area contributed by atoms with E-state index >= 15 is 0 Å². The van der Waals surface area contributed by atoms with Crippen molar-refractivity contribution in [1.29, 1.82) is 0 Å². The van der Waals surface area contributed by atoms with Crippen LogP contribution in [0.2, 0.25) is 0 Å². The van der Waals surface area contributed by atoms with E-state index < -0.39 is 25.7 Å². The number of carbonyl (C=O) groups is 1. The molecule has 110 valence electrons. The van der Waals surface area contributed by atoms with Gasteiger partial charge in [-0.25, -0.2) is 8.42 Å². The van der Waals surface area contributed by atoms with Crippen LogP contribution in [0.1, 0.15) is 25.7 Å². The highest BCUT2D eigenvalue weighted by Crippen LogP contribution is 2.24. The molecular formula is C9H15FN2O5S2. The third-order valence-corrected chi connectivity index (χ3v) is 5.94. The van der Waals surface area contributed by atoms with Gasteiger partial charge in [-0.1, -0.05) is 14.6 Å². The van der Waals surface area contributed by atoms with Crippen LogP contribution in [0, 0.1) is 0 Å². The second kappa shape index (κ2) is 5.97. The fourth-order valence-electron chi connectivity index (χ4n) is 1.98. The van der Waals surface area contributed by atoms with E-state index in [0.717, 1.165) is 10.2 Å². The highest BCUT2D eigenvalue weighted by atomic mass is 32.3. The van der Waals surface area contributed by atoms with E-state index in [1.165, 1.54) is 0 Å². The number of amides is 1. The minimum absolute atomic E-state index is 0.146. The van der Waals surface area contributed by atoms with Crippen LogP contribution >= 0.6 is 0 Å². The van der Waals surface area contributed by atoms with Gasteiger partial charge in [0.1, 0.15) is 0 Å². The third-order valence-electron chi connectivity index (χ3n) is 2.86. The van der Waals surface area contributed by atoms with Gasteiger partial charge in [0, 0.05) is 6.04 Å². The van der Waals surface area contributed by atoms with Crippen LogP contribution in [-0.2, 0) is 25.2 Å². The molecule has 0 heterocycles. The number of hydrogen-bond donors (Lipinski definition) is 2. The number of halogens is 1. The summed E-state index contributed by atoms with van der Waals surface area (Å²) in [5.74, 6) is -0.351. The van der Waals surface area contributed by atoms with Crippen molar-refractivity contribution in [2.75, 3.05) is 0 Å². The predicted molar refractivity (Wildman–Crippen MR) is 66.5 cm³/mol. The highest BCUT2D eigenvalue weighted by molar-refractivity contribution is 8.02. The van der Waals surface area contributed by atoms with Crippen LogP contribution in [0.15, 0.2) is 12.7 Å². The van der Waals surface area contributed by atoms with Crippen LogP contribution in [-0.4, -0.2) is 34.0 Å². The molecule has 1 fully saturated rings. The monoisotopic (exact) mass is 314 g/mol. The van der Waals surface area contributed by atoms with Gasteiger partial charge in [0.05, 0.1) is 5.25 Å². The summed E-state index contributed by atoms with van der Waals surface area (Å²) >= 11 is 0. The van der Waals surface area contributed by atoms with Gasteiger partial charge in [-0.2, -0.15) is 8.42 Å². The molecule has 1 aliphatic carbocycles. The molecule has 2 N–H and O–H groups in total. The fourth-order valence-corrected chi connectivity index (χ4v) is 4.53. The Morgan fingerprint density at radius 2 is 1.68 bits per heavy atom. The molecule has 1 aliphatic rings. The smallest absolute Gasteiger partial charge is 0.350 e. The lowest BCUT2D eigenvalue weighted by Gasteiger charge is -2.28. The molecule has 1 rings (SSSR count). The zero-order valence-electron chi connectivity index (χ0n) is 10.0. The fraction of sp³-hybridized carbons (Fsp3) is 0.667. The molecule has 0 bridgehead atoms. The number of rotatable bonds is 5. The Balaban J connectivity index is 2.59. The SMILES string of the molecule is C=CC(=O)NC1CCC(S(=O)(=O)NS(=O)(=O)F)CC1. The van der Waals surface area contributed by atoms with E-state index in [2.05, 4.69) is 11.9 Å². The molecule has 19 heavy (non-hydrogen) atoms. The lowest BCUT2D eigenvalue weighted by molar-refractivity contribution is -0.117. The van der Waals surface area contributed by atoms with Crippen molar-refractivity contribution in [3.8, 4) is 0 Å². The third kappa shape index (κ3) is 5.25. The van der Waals surface area contributed by atoms with Gasteiger partial charge in [0.15, 0.2) is 0 Å². The molecule has 0 radical (unpaired) electrons. The zero-order valence-corrected chi connectivity index (χ0v) is 11.6. The van der Waals surface area contributed by atoms with Gasteiger partial charge in [0.25, 0.3) is 0 Å². The Morgan fingerprint density at radius 1 is 1.16 bits per heavy atom. The minimum atomic E-state index is -5.29. The van der Waals surface area contributed by atoms with Gasteiger partial charge in [-0.15, -0.1) is 0 Å². The molecule has 0 aromatic carbocycles. The largest absolute Gasteiger partial charge is 0.385 e. The van der Waals surface area contributed by atoms with Crippen molar-refractivity contribution in [1.82, 2.24) is 9.44 Å². The lowest BCUT2D eigenvalue weighted by atomic mass is 9.95. The molecule has 0 atom stereocenters. The maximum atomic E-state index is 12.3. The van der Waals surface area contributed by atoms with E-state index in [1.54, 1.807) is 0 Å². The first-order chi connectivity index (χ1) is 8.64. The van der Waals surface area contributed by atoms with Crippen LogP contribution in [0.3, 0.4) is 0 Å². The summed E-state index contributed by atoms with van der Waals surface area (Å²) in [6, 6.07) is -0.182. The number of nitrogens with one attached hydrogen (secondary N) is 2. The molecule has 0 spiro atoms. The van der Waals surface area contributed by atoms with Gasteiger partial charge < -0.3 is 5.32 Å². The van der Waals surface area contributed by atoms with Gasteiger partial charge >= 0.3 is 10.4 Å². The Morgan fingerprint density at radius 3 is 2.11 bits per heavy atom. The summed E-state index contributed by atoms with van der Waals surface area (Å²) < 4.78 is 57.1. The Kier molecular flexibility index (Phi) is 5.04. The Hall–Kier alpha value is -1.00. The normalized spacial score (nSPS) is 24.7. The van der Waals surface area contributed by atoms with Crippen molar-refractivity contribution >= 4 is 26.3 Å². The van der Waals surface area contributed by atoms with Crippen LogP contribution in [0.25, 0.3) is 0 Å². The summed E-state index contributed by atoms with van der Waals surface area (Å²) in [7, 11) is -9.53. The topological polar surface area (TPSA) is 109 Å². The van der Waals surface area contributed by atoms with Gasteiger partial charge in [-0.05, 0) is 31.8 Å². The highest BCUT2D eigenvalue weighted by Gasteiger charge is 2.33. The standard InChI is InChI=1S/C9H15FN2O5S2/c1-2-9(13)11-7-3-5-8(6-4-7)18(14,15)12-19(10,16)17/h2,7-8,12H,1,3-6H2,(H,11,13). The van der Waals surface area contributed by atoms with E-state index in [9.17, 15) is 25.5 Å². The molecule has 1 saturated carbocycles. The quantitative estimate of drug-likeness (QED) is 0.536. The maximum absolute atomic E-state index is 12.3. The first-order valence-corrected chi connectivity index (χ1v) is 8.47. The second-order valence-corrected chi connectivity index (χ2v) is 7.55. The van der Waals surface area contributed by atoms with E-state index in [0.29, 0.717) is 12.8 Å². The zero-order chi connectivity index (χ0) is 14.7. The van der Waals surface area contributed by atoms with E-state index in [4.69, 9.17) is 0 Å². The number of sulfonamides is 1. The molecule has 0 aromatic heterocycles. The van der Waals surface area contributed by atoms with Crippen LogP contribution in [0.4, 0.5) is 3.89 Å². The molecule has 0 aliphatic heterocycles. The molecular weight excluding hydrogens is 299 g/mol. The van der Waals surface area contributed by atoms with Crippen molar-refractivity contribution in [2.45, 2.75) is 37.0 Å². The van der Waals surface area contributed by atoms with E-state index in [-0.39, 0.29) is 24.8 Å². The molecule has 7 nitrogen and oxygen atoms in total. The first-order valence-electron chi connectivity index (χ1n) is 5.54. The van der Waals surface area contributed by atoms with Crippen LogP contribution < -0.4 is 9.44 Å². The summed E-state index contributed by atoms with van der Waals surface area (Å²) in [6.07, 6.45) is 2.15. The average Bonchev–Trinajstić information content (AvgIpc) is 2.26. The molecule has 0 aromatic rings. The lowest BCUT2D eigenvalue weighted by Crippen LogP contribution is -2.43. The van der Waals surface area contributed by atoms with Crippen LogP contribution in [0.5, 0.6) is 0 Å². The molecule has 0 saturated heterocycles. The van der Waals surface area contributed by atoms with Gasteiger partial charge in [-0.3, -0.25) is 4.79 Å². The molecule has 1 amide bonds. The maximum Gasteiger partial charge on any atom is 0.385 e. The minimum Gasteiger partial charge on any atom is -0.350 e. The second-order valence-electron chi connectivity index (χ2n) is 4.25. The Labute approximate surface area is 111 Å². The summed E-state index contributed by atoms with van der Waals surface area (Å²) in [6.45, 7) is 3.29. The van der Waals surface area contributed by atoms with Crippen molar-refractivity contribution in [2.24, 2.45) is 0 Å². The number of hydrogen-bond acceptors (Lipinski definition) is 5. The van der Waals surface area contributed by atoms with Crippen molar-refractivity contribution in [3.63, 3.8) is 0 Å².